The first-order valence-electron chi connectivity index (χ1n) is 6.44. The van der Waals surface area contributed by atoms with Crippen LogP contribution < -0.4 is 21.3 Å². The summed E-state index contributed by atoms with van der Waals surface area (Å²) in [5.41, 5.74) is 0. The molecule has 0 bridgehead atoms. The Labute approximate surface area is 117 Å². The number of amides is 4. The second-order valence-corrected chi connectivity index (χ2v) is 4.92. The van der Waals surface area contributed by atoms with Gasteiger partial charge in [0.25, 0.3) is 0 Å². The van der Waals surface area contributed by atoms with E-state index in [0.29, 0.717) is 0 Å². The maximum Gasteiger partial charge on any atom is 0.242 e. The summed E-state index contributed by atoms with van der Waals surface area (Å²) in [6, 6.07) is -3.19. The fraction of sp³-hybridized carbons (Fsp3) is 0.667. The van der Waals surface area contributed by atoms with E-state index >= 15 is 0 Å². The average molecular weight is 284 g/mol. The molecule has 1 saturated heterocycles. The van der Waals surface area contributed by atoms with E-state index in [4.69, 9.17) is 0 Å². The lowest BCUT2D eigenvalue weighted by Crippen LogP contribution is -2.59. The normalized spacial score (nSPS) is 33.0. The van der Waals surface area contributed by atoms with Gasteiger partial charge in [-0.05, 0) is 27.7 Å². The third-order valence-electron chi connectivity index (χ3n) is 3.01. The van der Waals surface area contributed by atoms with Gasteiger partial charge < -0.3 is 21.3 Å². The summed E-state index contributed by atoms with van der Waals surface area (Å²) in [5.74, 6) is -1.86. The van der Waals surface area contributed by atoms with Gasteiger partial charge in [0, 0.05) is 0 Å². The van der Waals surface area contributed by atoms with Gasteiger partial charge in [0.05, 0.1) is 0 Å². The molecule has 0 saturated carbocycles. The molecule has 1 aliphatic rings. The van der Waals surface area contributed by atoms with Gasteiger partial charge in [-0.25, -0.2) is 0 Å². The monoisotopic (exact) mass is 284 g/mol. The van der Waals surface area contributed by atoms with Crippen LogP contribution in [0, 0.1) is 0 Å². The van der Waals surface area contributed by atoms with Crippen molar-refractivity contribution in [1.82, 2.24) is 21.3 Å². The summed E-state index contributed by atoms with van der Waals surface area (Å²) in [7, 11) is 0. The van der Waals surface area contributed by atoms with Gasteiger partial charge in [-0.1, -0.05) is 0 Å². The number of carbonyl (C=O) groups excluding carboxylic acids is 4. The Balaban J connectivity index is 2.92. The van der Waals surface area contributed by atoms with Crippen LogP contribution >= 0.6 is 0 Å². The lowest BCUT2D eigenvalue weighted by molar-refractivity contribution is -0.135. The highest BCUT2D eigenvalue weighted by Gasteiger charge is 2.27. The predicted molar refractivity (Wildman–Crippen MR) is 70.4 cm³/mol. The van der Waals surface area contributed by atoms with Crippen LogP contribution in [0.4, 0.5) is 0 Å². The number of nitrogens with one attached hydrogen (secondary N) is 4. The third-order valence-corrected chi connectivity index (χ3v) is 3.01. The smallest absolute Gasteiger partial charge is 0.242 e. The highest BCUT2D eigenvalue weighted by molar-refractivity contribution is 5.96. The standard InChI is InChI=1S/C12H20N4O4/c1-5-9(17)14-7(3)11(19)16-8(4)12(20)15-6(2)10(18)13-5/h5-8H,1-4H3,(H,13,18)(H,14,17)(H,15,20)(H,16,19)/t5-,6+,7+,8-. The SMILES string of the molecule is C[C@@H]1NC(=O)[C@@H](C)NC(=O)[C@H](C)NC(=O)[C@@H](C)NC1=O. The molecule has 1 fully saturated rings. The Morgan fingerprint density at radius 2 is 0.650 bits per heavy atom. The Bertz CT molecular complexity index is 357. The van der Waals surface area contributed by atoms with E-state index in [9.17, 15) is 19.2 Å². The molecule has 4 atom stereocenters. The third kappa shape index (κ3) is 3.94. The largest absolute Gasteiger partial charge is 0.343 e. The van der Waals surface area contributed by atoms with Crippen molar-refractivity contribution in [2.24, 2.45) is 0 Å². The molecule has 1 rings (SSSR count). The summed E-state index contributed by atoms with van der Waals surface area (Å²) in [5, 5.41) is 9.88. The molecular weight excluding hydrogens is 264 g/mol. The summed E-state index contributed by atoms with van der Waals surface area (Å²) < 4.78 is 0. The topological polar surface area (TPSA) is 116 Å². The lowest BCUT2D eigenvalue weighted by atomic mass is 10.2. The van der Waals surface area contributed by atoms with Crippen LogP contribution in [0.25, 0.3) is 0 Å². The van der Waals surface area contributed by atoms with Crippen molar-refractivity contribution >= 4 is 23.6 Å². The maximum atomic E-state index is 11.8. The van der Waals surface area contributed by atoms with Crippen LogP contribution in [0.3, 0.4) is 0 Å². The fourth-order valence-electron chi connectivity index (χ4n) is 1.62. The summed E-state index contributed by atoms with van der Waals surface area (Å²) in [6.07, 6.45) is 0. The van der Waals surface area contributed by atoms with Crippen molar-refractivity contribution in [3.05, 3.63) is 0 Å². The average Bonchev–Trinajstić information content (AvgIpc) is 2.36. The zero-order valence-corrected chi connectivity index (χ0v) is 11.9. The second kappa shape index (κ2) is 6.36. The lowest BCUT2D eigenvalue weighted by Gasteiger charge is -2.24. The van der Waals surface area contributed by atoms with Crippen molar-refractivity contribution in [1.29, 1.82) is 0 Å². The van der Waals surface area contributed by atoms with Crippen LogP contribution in [-0.4, -0.2) is 47.8 Å². The van der Waals surface area contributed by atoms with Crippen LogP contribution in [0.5, 0.6) is 0 Å². The van der Waals surface area contributed by atoms with Crippen molar-refractivity contribution in [3.63, 3.8) is 0 Å². The van der Waals surface area contributed by atoms with E-state index in [1.807, 2.05) is 0 Å². The predicted octanol–water partition coefficient (Wildman–Crippen LogP) is -1.98. The minimum Gasteiger partial charge on any atom is -0.343 e. The Hall–Kier alpha value is -2.12. The maximum absolute atomic E-state index is 11.8. The number of hydrogen-bond acceptors (Lipinski definition) is 4. The number of hydrogen-bond donors (Lipinski definition) is 4. The zero-order chi connectivity index (χ0) is 15.4. The Kier molecular flexibility index (Phi) is 5.06. The van der Waals surface area contributed by atoms with Crippen LogP contribution in [0.2, 0.25) is 0 Å². The van der Waals surface area contributed by atoms with Crippen LogP contribution in [0.15, 0.2) is 0 Å². The minimum atomic E-state index is -0.797. The number of carbonyl (C=O) groups is 4. The summed E-state index contributed by atoms with van der Waals surface area (Å²) >= 11 is 0. The molecule has 0 radical (unpaired) electrons. The molecule has 0 unspecified atom stereocenters. The molecule has 0 aromatic rings. The van der Waals surface area contributed by atoms with Gasteiger partial charge >= 0.3 is 0 Å². The van der Waals surface area contributed by atoms with Gasteiger partial charge in [-0.2, -0.15) is 0 Å². The molecule has 0 aromatic carbocycles. The van der Waals surface area contributed by atoms with E-state index in [2.05, 4.69) is 21.3 Å². The minimum absolute atomic E-state index is 0.465. The highest BCUT2D eigenvalue weighted by atomic mass is 16.2. The van der Waals surface area contributed by atoms with Crippen LogP contribution in [0.1, 0.15) is 27.7 Å². The number of rotatable bonds is 0. The first kappa shape index (κ1) is 15.9. The van der Waals surface area contributed by atoms with E-state index in [0.717, 1.165) is 0 Å². The molecule has 0 spiro atoms. The van der Waals surface area contributed by atoms with Gasteiger partial charge in [0.2, 0.25) is 23.6 Å². The van der Waals surface area contributed by atoms with Crippen molar-refractivity contribution in [2.45, 2.75) is 51.9 Å². The highest BCUT2D eigenvalue weighted by Crippen LogP contribution is 1.94. The molecule has 4 amide bonds. The molecule has 0 aromatic heterocycles. The van der Waals surface area contributed by atoms with Crippen molar-refractivity contribution in [2.75, 3.05) is 0 Å². The quantitative estimate of drug-likeness (QED) is 0.412. The van der Waals surface area contributed by atoms with E-state index < -0.39 is 47.8 Å². The fourth-order valence-corrected chi connectivity index (χ4v) is 1.62. The first-order valence-corrected chi connectivity index (χ1v) is 6.44. The van der Waals surface area contributed by atoms with Crippen LogP contribution in [-0.2, 0) is 19.2 Å². The zero-order valence-electron chi connectivity index (χ0n) is 11.9. The van der Waals surface area contributed by atoms with Gasteiger partial charge in [-0.3, -0.25) is 19.2 Å². The molecule has 8 nitrogen and oxygen atoms in total. The van der Waals surface area contributed by atoms with Gasteiger partial charge in [0.15, 0.2) is 0 Å². The molecule has 1 aliphatic heterocycles. The molecule has 8 heteroatoms. The molecule has 4 N–H and O–H groups in total. The van der Waals surface area contributed by atoms with E-state index in [1.54, 1.807) is 0 Å². The van der Waals surface area contributed by atoms with Gasteiger partial charge in [0.1, 0.15) is 24.2 Å². The molecule has 1 heterocycles. The second-order valence-electron chi connectivity index (χ2n) is 4.92. The molecular formula is C12H20N4O4. The van der Waals surface area contributed by atoms with E-state index in [-0.39, 0.29) is 0 Å². The van der Waals surface area contributed by atoms with Crippen molar-refractivity contribution < 1.29 is 19.2 Å². The Morgan fingerprint density at radius 3 is 0.800 bits per heavy atom. The molecule has 0 aliphatic carbocycles. The van der Waals surface area contributed by atoms with Crippen molar-refractivity contribution in [3.8, 4) is 0 Å². The van der Waals surface area contributed by atoms with Gasteiger partial charge in [-0.15, -0.1) is 0 Å². The van der Waals surface area contributed by atoms with E-state index in [1.165, 1.54) is 27.7 Å². The Morgan fingerprint density at radius 1 is 0.500 bits per heavy atom. The summed E-state index contributed by atoms with van der Waals surface area (Å²) in [4.78, 5) is 47.2. The molecule has 112 valence electrons. The summed E-state index contributed by atoms with van der Waals surface area (Å²) in [6.45, 7) is 6.00. The first-order chi connectivity index (χ1) is 9.22. The molecule has 20 heavy (non-hydrogen) atoms.